The van der Waals surface area contributed by atoms with Gasteiger partial charge in [-0.15, -0.1) is 0 Å². The van der Waals surface area contributed by atoms with E-state index in [0.717, 1.165) is 19.1 Å². The number of esters is 1. The van der Waals surface area contributed by atoms with Crippen molar-refractivity contribution in [3.8, 4) is 0 Å². The number of hydrogen-bond acceptors (Lipinski definition) is 3. The Kier molecular flexibility index (Phi) is 1.97. The van der Waals surface area contributed by atoms with E-state index in [1.807, 2.05) is 0 Å². The highest BCUT2D eigenvalue weighted by Crippen LogP contribution is 2.72. The van der Waals surface area contributed by atoms with Crippen molar-refractivity contribution >= 4 is 11.9 Å². The van der Waals surface area contributed by atoms with Gasteiger partial charge < -0.3 is 4.74 Å². The van der Waals surface area contributed by atoms with Gasteiger partial charge in [0, 0.05) is 0 Å². The standard InChI is InChI=1S/C15H16O3/c16-5-6-18-14(17)15-11-3-1-9(7-11)13(15)10-2-4-12(15)8-10/h1,3,6,9-13H,2,4,7-8H2. The number of fused-ring (bicyclic) bond motifs is 9. The number of carbonyl (C=O) groups is 1. The summed E-state index contributed by atoms with van der Waals surface area (Å²) in [6, 6.07) is 0. The van der Waals surface area contributed by atoms with Crippen LogP contribution in [0.4, 0.5) is 0 Å². The summed E-state index contributed by atoms with van der Waals surface area (Å²) in [6.07, 6.45) is 10.1. The van der Waals surface area contributed by atoms with E-state index in [9.17, 15) is 9.59 Å². The molecule has 3 fully saturated rings. The molecule has 0 spiro atoms. The molecule has 6 atom stereocenters. The predicted molar refractivity (Wildman–Crippen MR) is 63.8 cm³/mol. The number of hydrogen-bond donors (Lipinski definition) is 0. The highest BCUT2D eigenvalue weighted by atomic mass is 16.5. The van der Waals surface area contributed by atoms with E-state index in [0.29, 0.717) is 29.6 Å². The molecule has 0 amide bonds. The van der Waals surface area contributed by atoms with Gasteiger partial charge in [0.2, 0.25) is 0 Å². The van der Waals surface area contributed by atoms with Crippen LogP contribution in [-0.2, 0) is 14.3 Å². The van der Waals surface area contributed by atoms with E-state index in [-0.39, 0.29) is 11.4 Å². The Hall–Kier alpha value is -1.34. The van der Waals surface area contributed by atoms with Crippen molar-refractivity contribution in [2.45, 2.75) is 25.7 Å². The first-order valence-corrected chi connectivity index (χ1v) is 6.87. The molecule has 3 heteroatoms. The normalized spacial score (nSPS) is 50.1. The molecule has 6 unspecified atom stereocenters. The zero-order valence-corrected chi connectivity index (χ0v) is 10.2. The van der Waals surface area contributed by atoms with Crippen molar-refractivity contribution in [3.05, 3.63) is 18.4 Å². The molecule has 94 valence electrons. The van der Waals surface area contributed by atoms with Gasteiger partial charge in [0.15, 0.2) is 12.2 Å². The molecule has 0 aromatic carbocycles. The van der Waals surface area contributed by atoms with Gasteiger partial charge in [-0.1, -0.05) is 12.2 Å². The molecule has 3 saturated carbocycles. The van der Waals surface area contributed by atoms with E-state index in [1.165, 1.54) is 12.8 Å². The van der Waals surface area contributed by atoms with Gasteiger partial charge in [0.05, 0.1) is 5.41 Å². The zero-order chi connectivity index (χ0) is 12.3. The molecule has 4 aliphatic carbocycles. The summed E-state index contributed by atoms with van der Waals surface area (Å²) in [6.45, 7) is 0. The van der Waals surface area contributed by atoms with Crippen molar-refractivity contribution in [3.63, 3.8) is 0 Å². The second-order valence-corrected chi connectivity index (χ2v) is 6.26. The third-order valence-corrected chi connectivity index (χ3v) is 5.97. The minimum absolute atomic E-state index is 0.167. The maximum atomic E-state index is 12.5. The molecular weight excluding hydrogens is 228 g/mol. The van der Waals surface area contributed by atoms with Gasteiger partial charge in [-0.25, -0.2) is 4.79 Å². The van der Waals surface area contributed by atoms with Crippen LogP contribution in [0.25, 0.3) is 0 Å². The van der Waals surface area contributed by atoms with Crippen LogP contribution in [0, 0.1) is 35.0 Å². The fourth-order valence-corrected chi connectivity index (χ4v) is 5.67. The lowest BCUT2D eigenvalue weighted by atomic mass is 9.61. The van der Waals surface area contributed by atoms with Crippen LogP contribution in [0.5, 0.6) is 0 Å². The topological polar surface area (TPSA) is 43.4 Å². The molecule has 0 aromatic rings. The SMILES string of the molecule is O=C=COC(=O)C12C3C=CC(C3)C1C1CCC2C1. The average molecular weight is 244 g/mol. The fraction of sp³-hybridized carbons (Fsp3) is 0.667. The first kappa shape index (κ1) is 10.6. The summed E-state index contributed by atoms with van der Waals surface area (Å²) in [5, 5.41) is 0. The van der Waals surface area contributed by atoms with E-state index in [4.69, 9.17) is 4.74 Å². The zero-order valence-electron chi connectivity index (χ0n) is 10.2. The van der Waals surface area contributed by atoms with E-state index in [2.05, 4.69) is 12.2 Å². The van der Waals surface area contributed by atoms with Gasteiger partial charge >= 0.3 is 5.97 Å². The molecule has 3 nitrogen and oxygen atoms in total. The van der Waals surface area contributed by atoms with Crippen LogP contribution in [0.3, 0.4) is 0 Å². The molecular formula is C15H16O3. The monoisotopic (exact) mass is 244 g/mol. The summed E-state index contributed by atoms with van der Waals surface area (Å²) < 4.78 is 5.06. The molecule has 4 rings (SSSR count). The van der Waals surface area contributed by atoms with Crippen molar-refractivity contribution in [2.24, 2.45) is 35.0 Å². The number of rotatable bonds is 2. The Bertz CT molecular complexity index is 488. The van der Waals surface area contributed by atoms with Crippen LogP contribution in [0.15, 0.2) is 18.4 Å². The Morgan fingerprint density at radius 1 is 1.33 bits per heavy atom. The second kappa shape index (κ2) is 3.36. The largest absolute Gasteiger partial charge is 0.422 e. The van der Waals surface area contributed by atoms with Crippen molar-refractivity contribution in [2.75, 3.05) is 0 Å². The lowest BCUT2D eigenvalue weighted by Crippen LogP contribution is -2.46. The number of carbonyl (C=O) groups excluding carboxylic acids is 2. The predicted octanol–water partition coefficient (Wildman–Crippen LogP) is 2.11. The first-order valence-electron chi connectivity index (χ1n) is 6.87. The van der Waals surface area contributed by atoms with Crippen LogP contribution in [0.2, 0.25) is 0 Å². The van der Waals surface area contributed by atoms with E-state index < -0.39 is 0 Å². The lowest BCUT2D eigenvalue weighted by molar-refractivity contribution is -0.159. The molecule has 0 heterocycles. The van der Waals surface area contributed by atoms with Crippen LogP contribution in [-0.4, -0.2) is 11.9 Å². The van der Waals surface area contributed by atoms with Crippen LogP contribution < -0.4 is 0 Å². The minimum atomic E-state index is -0.310. The minimum Gasteiger partial charge on any atom is -0.422 e. The molecule has 0 N–H and O–H groups in total. The second-order valence-electron chi connectivity index (χ2n) is 6.26. The van der Waals surface area contributed by atoms with Crippen molar-refractivity contribution < 1.29 is 14.3 Å². The highest BCUT2D eigenvalue weighted by Gasteiger charge is 2.71. The summed E-state index contributed by atoms with van der Waals surface area (Å²) in [7, 11) is 0. The van der Waals surface area contributed by atoms with Gasteiger partial charge in [0.25, 0.3) is 0 Å². The van der Waals surface area contributed by atoms with Crippen LogP contribution >= 0.6 is 0 Å². The maximum Gasteiger partial charge on any atom is 0.318 e. The van der Waals surface area contributed by atoms with Gasteiger partial charge in [-0.3, -0.25) is 4.79 Å². The summed E-state index contributed by atoms with van der Waals surface area (Å²) in [5.74, 6) is 3.93. The molecule has 0 aromatic heterocycles. The van der Waals surface area contributed by atoms with Gasteiger partial charge in [-0.2, -0.15) is 0 Å². The Morgan fingerprint density at radius 3 is 3.06 bits per heavy atom. The number of allylic oxidation sites excluding steroid dienone is 2. The molecule has 0 radical (unpaired) electrons. The van der Waals surface area contributed by atoms with Crippen molar-refractivity contribution in [1.29, 1.82) is 0 Å². The summed E-state index contributed by atoms with van der Waals surface area (Å²) in [4.78, 5) is 22.8. The van der Waals surface area contributed by atoms with Gasteiger partial charge in [0.1, 0.15) is 0 Å². The highest BCUT2D eigenvalue weighted by molar-refractivity contribution is 5.81. The summed E-state index contributed by atoms with van der Waals surface area (Å²) in [5.41, 5.74) is -0.310. The molecule has 0 saturated heterocycles. The average Bonchev–Trinajstić information content (AvgIpc) is 3.10. The van der Waals surface area contributed by atoms with Crippen molar-refractivity contribution in [1.82, 2.24) is 0 Å². The van der Waals surface area contributed by atoms with Crippen LogP contribution in [0.1, 0.15) is 25.7 Å². The lowest BCUT2D eigenvalue weighted by Gasteiger charge is -2.42. The fourth-order valence-electron chi connectivity index (χ4n) is 5.67. The Balaban J connectivity index is 1.78. The molecule has 0 aliphatic heterocycles. The smallest absolute Gasteiger partial charge is 0.318 e. The third-order valence-electron chi connectivity index (χ3n) is 5.97. The third kappa shape index (κ3) is 0.986. The summed E-state index contributed by atoms with van der Waals surface area (Å²) >= 11 is 0. The molecule has 18 heavy (non-hydrogen) atoms. The first-order chi connectivity index (χ1) is 8.78. The quantitative estimate of drug-likeness (QED) is 0.246. The van der Waals surface area contributed by atoms with Gasteiger partial charge in [-0.05, 0) is 55.3 Å². The Morgan fingerprint density at radius 2 is 2.22 bits per heavy atom. The van der Waals surface area contributed by atoms with E-state index >= 15 is 0 Å². The van der Waals surface area contributed by atoms with E-state index in [1.54, 1.807) is 5.94 Å². The maximum absolute atomic E-state index is 12.5. The number of ether oxygens (including phenoxy) is 1. The molecule has 4 bridgehead atoms. The Labute approximate surface area is 106 Å². The molecule has 4 aliphatic rings.